The number of ether oxygens (including phenoxy) is 1. The Hall–Kier alpha value is -1.04. The van der Waals surface area contributed by atoms with E-state index in [1.165, 1.54) is 7.11 Å². The largest absolute Gasteiger partial charge is 0.469 e. The maximum absolute atomic E-state index is 10.6. The summed E-state index contributed by atoms with van der Waals surface area (Å²) in [6.07, 6.45) is 0.912. The van der Waals surface area contributed by atoms with Crippen molar-refractivity contribution in [1.82, 2.24) is 0 Å². The van der Waals surface area contributed by atoms with E-state index in [0.717, 1.165) is 0 Å². The van der Waals surface area contributed by atoms with Crippen molar-refractivity contribution < 1.29 is 9.53 Å². The van der Waals surface area contributed by atoms with Gasteiger partial charge in [0, 0.05) is 0 Å². The van der Waals surface area contributed by atoms with Gasteiger partial charge in [-0.05, 0) is 6.42 Å². The van der Waals surface area contributed by atoms with Crippen LogP contribution in [0, 0.1) is 17.2 Å². The van der Waals surface area contributed by atoms with Crippen molar-refractivity contribution in [3.63, 3.8) is 0 Å². The standard InChI is InChI=1S/C7H11NO2/c1-3-6(5-8)4-7(9)10-2/h6H,3-4H2,1-2H3. The van der Waals surface area contributed by atoms with Gasteiger partial charge in [-0.1, -0.05) is 6.92 Å². The van der Waals surface area contributed by atoms with Gasteiger partial charge in [0.2, 0.25) is 0 Å². The van der Waals surface area contributed by atoms with E-state index in [0.29, 0.717) is 6.42 Å². The molecule has 56 valence electrons. The highest BCUT2D eigenvalue weighted by Gasteiger charge is 2.10. The second-order valence-corrected chi connectivity index (χ2v) is 2.01. The fraction of sp³-hybridized carbons (Fsp3) is 0.714. The van der Waals surface area contributed by atoms with Crippen LogP contribution in [0.1, 0.15) is 19.8 Å². The molecule has 1 atom stereocenters. The van der Waals surface area contributed by atoms with Crippen LogP contribution in [0.25, 0.3) is 0 Å². The van der Waals surface area contributed by atoms with Crippen LogP contribution < -0.4 is 0 Å². The SMILES string of the molecule is CCC(C#N)CC(=O)OC. The van der Waals surface area contributed by atoms with Gasteiger partial charge in [-0.3, -0.25) is 4.79 Å². The summed E-state index contributed by atoms with van der Waals surface area (Å²) in [4.78, 5) is 10.6. The van der Waals surface area contributed by atoms with Crippen molar-refractivity contribution in [2.75, 3.05) is 7.11 Å². The molecule has 0 saturated heterocycles. The van der Waals surface area contributed by atoms with E-state index in [9.17, 15) is 4.79 Å². The van der Waals surface area contributed by atoms with Gasteiger partial charge < -0.3 is 4.74 Å². The number of rotatable bonds is 3. The van der Waals surface area contributed by atoms with Gasteiger partial charge in [0.05, 0.1) is 25.5 Å². The monoisotopic (exact) mass is 141 g/mol. The summed E-state index contributed by atoms with van der Waals surface area (Å²) < 4.78 is 4.39. The Bertz CT molecular complexity index is 148. The molecular formula is C7H11NO2. The molecular weight excluding hydrogens is 130 g/mol. The lowest BCUT2D eigenvalue weighted by Crippen LogP contribution is -2.07. The van der Waals surface area contributed by atoms with Crippen LogP contribution in [-0.4, -0.2) is 13.1 Å². The average Bonchev–Trinajstić information content (AvgIpc) is 1.99. The first kappa shape index (κ1) is 8.96. The molecule has 0 amide bonds. The zero-order valence-electron chi connectivity index (χ0n) is 6.26. The third-order valence-corrected chi connectivity index (χ3v) is 1.32. The Kier molecular flexibility index (Phi) is 4.30. The summed E-state index contributed by atoms with van der Waals surface area (Å²) in [5.74, 6) is -0.499. The lowest BCUT2D eigenvalue weighted by molar-refractivity contribution is -0.141. The summed E-state index contributed by atoms with van der Waals surface area (Å²) in [7, 11) is 1.33. The van der Waals surface area contributed by atoms with Crippen LogP contribution in [0.4, 0.5) is 0 Å². The van der Waals surface area contributed by atoms with Gasteiger partial charge in [-0.15, -0.1) is 0 Å². The molecule has 0 aliphatic carbocycles. The number of carbonyl (C=O) groups is 1. The maximum Gasteiger partial charge on any atom is 0.306 e. The van der Waals surface area contributed by atoms with E-state index in [1.54, 1.807) is 0 Å². The van der Waals surface area contributed by atoms with Crippen molar-refractivity contribution in [3.8, 4) is 6.07 Å². The Labute approximate surface area is 60.6 Å². The molecule has 0 fully saturated rings. The Morgan fingerprint density at radius 1 is 1.80 bits per heavy atom. The maximum atomic E-state index is 10.6. The molecule has 0 aromatic heterocycles. The van der Waals surface area contributed by atoms with Crippen molar-refractivity contribution in [3.05, 3.63) is 0 Å². The van der Waals surface area contributed by atoms with Gasteiger partial charge >= 0.3 is 5.97 Å². The second kappa shape index (κ2) is 4.80. The summed E-state index contributed by atoms with van der Waals surface area (Å²) in [6.45, 7) is 1.87. The molecule has 0 rings (SSSR count). The van der Waals surface area contributed by atoms with Gasteiger partial charge in [-0.2, -0.15) is 5.26 Å². The van der Waals surface area contributed by atoms with Crippen LogP contribution in [0.15, 0.2) is 0 Å². The Morgan fingerprint density at radius 3 is 2.70 bits per heavy atom. The molecule has 0 N–H and O–H groups in total. The fourth-order valence-electron chi connectivity index (χ4n) is 0.566. The topological polar surface area (TPSA) is 50.1 Å². The highest BCUT2D eigenvalue weighted by atomic mass is 16.5. The molecule has 0 aliphatic rings. The molecule has 0 radical (unpaired) electrons. The molecule has 3 nitrogen and oxygen atoms in total. The first-order valence-corrected chi connectivity index (χ1v) is 3.21. The van der Waals surface area contributed by atoms with Crippen LogP contribution in [-0.2, 0) is 9.53 Å². The number of hydrogen-bond donors (Lipinski definition) is 0. The highest BCUT2D eigenvalue weighted by Crippen LogP contribution is 2.06. The van der Waals surface area contributed by atoms with E-state index in [2.05, 4.69) is 4.74 Å². The molecule has 0 bridgehead atoms. The molecule has 0 aromatic carbocycles. The molecule has 0 saturated carbocycles. The molecule has 0 aromatic rings. The van der Waals surface area contributed by atoms with E-state index in [1.807, 2.05) is 13.0 Å². The first-order valence-electron chi connectivity index (χ1n) is 3.21. The fourth-order valence-corrected chi connectivity index (χ4v) is 0.566. The summed E-state index contributed by atoms with van der Waals surface area (Å²) >= 11 is 0. The number of hydrogen-bond acceptors (Lipinski definition) is 3. The summed E-state index contributed by atoms with van der Waals surface area (Å²) in [5.41, 5.74) is 0. The predicted octanol–water partition coefficient (Wildman–Crippen LogP) is 1.10. The minimum atomic E-state index is -0.312. The normalized spacial score (nSPS) is 11.7. The van der Waals surface area contributed by atoms with Crippen LogP contribution in [0.3, 0.4) is 0 Å². The molecule has 0 spiro atoms. The van der Waals surface area contributed by atoms with Gasteiger partial charge in [0.1, 0.15) is 0 Å². The van der Waals surface area contributed by atoms with Gasteiger partial charge in [0.25, 0.3) is 0 Å². The molecule has 0 heterocycles. The van der Waals surface area contributed by atoms with Gasteiger partial charge in [0.15, 0.2) is 0 Å². The molecule has 0 aliphatic heterocycles. The zero-order valence-corrected chi connectivity index (χ0v) is 6.26. The quantitative estimate of drug-likeness (QED) is 0.553. The van der Waals surface area contributed by atoms with Crippen molar-refractivity contribution >= 4 is 5.97 Å². The van der Waals surface area contributed by atoms with Crippen LogP contribution in [0.2, 0.25) is 0 Å². The van der Waals surface area contributed by atoms with E-state index < -0.39 is 0 Å². The Morgan fingerprint density at radius 2 is 2.40 bits per heavy atom. The molecule has 10 heavy (non-hydrogen) atoms. The number of carbonyl (C=O) groups excluding carboxylic acids is 1. The number of esters is 1. The van der Waals surface area contributed by atoms with Crippen LogP contribution in [0.5, 0.6) is 0 Å². The number of methoxy groups -OCH3 is 1. The minimum Gasteiger partial charge on any atom is -0.469 e. The molecule has 1 unspecified atom stereocenters. The lowest BCUT2D eigenvalue weighted by Gasteiger charge is -2.01. The summed E-state index contributed by atoms with van der Waals surface area (Å²) in [6, 6.07) is 2.02. The van der Waals surface area contributed by atoms with E-state index in [4.69, 9.17) is 5.26 Å². The zero-order chi connectivity index (χ0) is 7.98. The predicted molar refractivity (Wildman–Crippen MR) is 36.0 cm³/mol. The third kappa shape index (κ3) is 3.08. The first-order chi connectivity index (χ1) is 4.74. The minimum absolute atomic E-state index is 0.188. The third-order valence-electron chi connectivity index (χ3n) is 1.32. The number of nitrogens with zero attached hydrogens (tertiary/aromatic N) is 1. The number of nitriles is 1. The van der Waals surface area contributed by atoms with Gasteiger partial charge in [-0.25, -0.2) is 0 Å². The summed E-state index contributed by atoms with van der Waals surface area (Å²) in [5, 5.41) is 8.41. The highest BCUT2D eigenvalue weighted by molar-refractivity contribution is 5.69. The molecule has 3 heteroatoms. The van der Waals surface area contributed by atoms with Crippen molar-refractivity contribution in [2.45, 2.75) is 19.8 Å². The smallest absolute Gasteiger partial charge is 0.306 e. The second-order valence-electron chi connectivity index (χ2n) is 2.01. The van der Waals surface area contributed by atoms with Crippen molar-refractivity contribution in [1.29, 1.82) is 5.26 Å². The lowest BCUT2D eigenvalue weighted by atomic mass is 10.1. The average molecular weight is 141 g/mol. The Balaban J connectivity index is 3.66. The van der Waals surface area contributed by atoms with E-state index in [-0.39, 0.29) is 18.3 Å². The van der Waals surface area contributed by atoms with Crippen LogP contribution >= 0.6 is 0 Å². The van der Waals surface area contributed by atoms with E-state index >= 15 is 0 Å². The van der Waals surface area contributed by atoms with Crippen molar-refractivity contribution in [2.24, 2.45) is 5.92 Å².